The van der Waals surface area contributed by atoms with Gasteiger partial charge in [-0.15, -0.1) is 11.3 Å². The molecule has 0 saturated carbocycles. The van der Waals surface area contributed by atoms with E-state index in [-0.39, 0.29) is 54.6 Å². The Bertz CT molecular complexity index is 1300. The largest absolute Gasteiger partial charge is 0.430 e. The molecule has 0 aromatic carbocycles. The first-order chi connectivity index (χ1) is 18.4. The number of thiophene rings is 1. The van der Waals surface area contributed by atoms with Crippen molar-refractivity contribution in [1.82, 2.24) is 24.5 Å². The van der Waals surface area contributed by atoms with Crippen molar-refractivity contribution in [3.63, 3.8) is 0 Å². The van der Waals surface area contributed by atoms with Crippen LogP contribution < -0.4 is 10.2 Å². The lowest BCUT2D eigenvalue weighted by Crippen LogP contribution is -2.66. The Hall–Kier alpha value is -2.54. The minimum absolute atomic E-state index is 0.0438. The molecule has 2 N–H and O–H groups in total. The van der Waals surface area contributed by atoms with Crippen molar-refractivity contribution in [2.24, 2.45) is 0 Å². The Labute approximate surface area is 229 Å². The van der Waals surface area contributed by atoms with Gasteiger partial charge in [0.25, 0.3) is 15.6 Å². The van der Waals surface area contributed by atoms with Crippen molar-refractivity contribution in [3.05, 3.63) is 35.5 Å². The number of anilines is 1. The highest BCUT2D eigenvalue weighted by Gasteiger charge is 2.71. The van der Waals surface area contributed by atoms with Crippen molar-refractivity contribution in [3.8, 4) is 0 Å². The van der Waals surface area contributed by atoms with Crippen LogP contribution in [0.1, 0.15) is 19.4 Å². The second-order valence-corrected chi connectivity index (χ2v) is 13.0. The average molecular weight is 617 g/mol. The van der Waals surface area contributed by atoms with Gasteiger partial charge in [-0.3, -0.25) is 9.69 Å². The maximum absolute atomic E-state index is 13.3. The molecule has 222 valence electrons. The molecule has 4 heterocycles. The lowest BCUT2D eigenvalue weighted by Gasteiger charge is -2.47. The molecular weight excluding hydrogens is 590 g/mol. The first-order valence-corrected chi connectivity index (χ1v) is 14.2. The van der Waals surface area contributed by atoms with Crippen molar-refractivity contribution < 1.29 is 44.7 Å². The third kappa shape index (κ3) is 5.26. The summed E-state index contributed by atoms with van der Waals surface area (Å²) >= 11 is 1.03. The van der Waals surface area contributed by atoms with Gasteiger partial charge in [-0.2, -0.15) is 30.6 Å². The predicted octanol–water partition coefficient (Wildman–Crippen LogP) is 1.94. The molecule has 2 aliphatic heterocycles. The highest BCUT2D eigenvalue weighted by molar-refractivity contribution is 7.91. The van der Waals surface area contributed by atoms with E-state index in [1.807, 2.05) is 4.90 Å². The van der Waals surface area contributed by atoms with E-state index in [1.165, 1.54) is 15.3 Å². The van der Waals surface area contributed by atoms with Gasteiger partial charge in [0.2, 0.25) is 11.9 Å². The van der Waals surface area contributed by atoms with Gasteiger partial charge in [0.15, 0.2) is 0 Å². The van der Waals surface area contributed by atoms with Gasteiger partial charge in [0.1, 0.15) is 4.21 Å². The van der Waals surface area contributed by atoms with E-state index in [0.29, 0.717) is 13.1 Å². The van der Waals surface area contributed by atoms with Crippen molar-refractivity contribution >= 4 is 33.2 Å². The van der Waals surface area contributed by atoms with Gasteiger partial charge in [-0.25, -0.2) is 18.4 Å². The number of sulfonamides is 1. The molecule has 0 aliphatic carbocycles. The lowest BCUT2D eigenvalue weighted by molar-refractivity contribution is -0.376. The number of amides is 1. The summed E-state index contributed by atoms with van der Waals surface area (Å²) in [5, 5.41) is 14.0. The van der Waals surface area contributed by atoms with Crippen LogP contribution in [-0.2, 0) is 20.4 Å². The third-order valence-corrected chi connectivity index (χ3v) is 10.4. The van der Waals surface area contributed by atoms with Gasteiger partial charge in [-0.05, 0) is 25.3 Å². The van der Waals surface area contributed by atoms with Gasteiger partial charge < -0.3 is 15.3 Å². The van der Waals surface area contributed by atoms with E-state index in [0.717, 1.165) is 11.3 Å². The van der Waals surface area contributed by atoms with Gasteiger partial charge >= 0.3 is 12.4 Å². The van der Waals surface area contributed by atoms with Crippen LogP contribution in [0.5, 0.6) is 0 Å². The van der Waals surface area contributed by atoms with Gasteiger partial charge in [0, 0.05) is 57.2 Å². The van der Waals surface area contributed by atoms with E-state index in [2.05, 4.69) is 15.3 Å². The van der Waals surface area contributed by atoms with Crippen LogP contribution in [0.15, 0.2) is 34.1 Å². The Balaban J connectivity index is 1.68. The molecule has 0 radical (unpaired) electrons. The van der Waals surface area contributed by atoms with Crippen molar-refractivity contribution in [2.45, 2.75) is 47.6 Å². The monoisotopic (exact) mass is 616 g/mol. The molecule has 40 heavy (non-hydrogen) atoms. The number of halogens is 6. The Kier molecular flexibility index (Phi) is 7.89. The second-order valence-electron chi connectivity index (χ2n) is 9.88. The standard InChI is InChI=1S/C22H26F6N6O4S2/c1-19(2)17(35)29-5-6-32(19)12-15-13-33(40(37,38)16-4-3-9-39-16)7-8-34(15)18-30-10-14(11-31-18)20(36,21(23,24)25)22(26,27)28/h3-4,9-11,15,36H,5-8,12-13H2,1-2H3,(H,29,35)/t15-/m0/s1. The maximum Gasteiger partial charge on any atom is 0.430 e. The quantitative estimate of drug-likeness (QED) is 0.473. The van der Waals surface area contributed by atoms with Crippen molar-refractivity contribution in [2.75, 3.05) is 44.2 Å². The molecule has 0 spiro atoms. The predicted molar refractivity (Wildman–Crippen MR) is 131 cm³/mol. The Morgan fingerprint density at radius 1 is 1.10 bits per heavy atom. The van der Waals surface area contributed by atoms with E-state index in [4.69, 9.17) is 0 Å². The number of hydrogen-bond donors (Lipinski definition) is 2. The summed E-state index contributed by atoms with van der Waals surface area (Å²) < 4.78 is 108. The molecule has 2 aliphatic rings. The fourth-order valence-corrected chi connectivity index (χ4v) is 7.28. The van der Waals surface area contributed by atoms with Crippen LogP contribution in [0.4, 0.5) is 32.3 Å². The van der Waals surface area contributed by atoms with Crippen molar-refractivity contribution in [1.29, 1.82) is 0 Å². The van der Waals surface area contributed by atoms with E-state index in [9.17, 15) is 44.7 Å². The molecule has 2 saturated heterocycles. The molecule has 1 atom stereocenters. The summed E-state index contributed by atoms with van der Waals surface area (Å²) in [5.74, 6) is -0.517. The highest BCUT2D eigenvalue weighted by Crippen LogP contribution is 2.49. The number of aliphatic hydroxyl groups is 1. The number of carbonyl (C=O) groups is 1. The summed E-state index contributed by atoms with van der Waals surface area (Å²) in [6.45, 7) is 3.96. The number of rotatable bonds is 6. The van der Waals surface area contributed by atoms with Gasteiger partial charge in [-0.1, -0.05) is 6.07 Å². The van der Waals surface area contributed by atoms with E-state index >= 15 is 0 Å². The minimum atomic E-state index is -6.10. The molecule has 18 heteroatoms. The SMILES string of the molecule is CC1(C)C(=O)NCCN1C[C@H]1CN(S(=O)(=O)c2cccs2)CCN1c1ncc(C(O)(C(F)(F)F)C(F)(F)F)cn1. The average Bonchev–Trinajstić information content (AvgIpc) is 3.41. The lowest BCUT2D eigenvalue weighted by atomic mass is 9.95. The number of carbonyl (C=O) groups excluding carboxylic acids is 1. The zero-order valence-electron chi connectivity index (χ0n) is 21.2. The normalized spacial score (nSPS) is 21.9. The molecule has 10 nitrogen and oxygen atoms in total. The van der Waals surface area contributed by atoms with Crippen LogP contribution in [-0.4, -0.2) is 102 Å². The molecule has 2 aromatic heterocycles. The number of alkyl halides is 6. The highest BCUT2D eigenvalue weighted by atomic mass is 32.2. The van der Waals surface area contributed by atoms with Gasteiger partial charge in [0.05, 0.1) is 11.6 Å². The molecule has 1 amide bonds. The third-order valence-electron chi connectivity index (χ3n) is 7.11. The summed E-state index contributed by atoms with van der Waals surface area (Å²) in [5.41, 5.74) is -7.78. The zero-order valence-corrected chi connectivity index (χ0v) is 22.8. The molecule has 0 unspecified atom stereocenters. The topological polar surface area (TPSA) is 119 Å². The van der Waals surface area contributed by atoms with Crippen LogP contribution in [0, 0.1) is 0 Å². The molecule has 0 bridgehead atoms. The number of piperazine rings is 2. The summed E-state index contributed by atoms with van der Waals surface area (Å²) in [7, 11) is -3.89. The summed E-state index contributed by atoms with van der Waals surface area (Å²) in [6, 6.07) is 2.30. The maximum atomic E-state index is 13.3. The first kappa shape index (κ1) is 30.4. The van der Waals surface area contributed by atoms with E-state index in [1.54, 1.807) is 25.3 Å². The van der Waals surface area contributed by atoms with Crippen LogP contribution >= 0.6 is 11.3 Å². The zero-order chi connectivity index (χ0) is 29.7. The number of aromatic nitrogens is 2. The molecule has 4 rings (SSSR count). The molecule has 2 fully saturated rings. The van der Waals surface area contributed by atoms with Crippen LogP contribution in [0.25, 0.3) is 0 Å². The molecule has 2 aromatic rings. The fraction of sp³-hybridized carbons (Fsp3) is 0.591. The minimum Gasteiger partial charge on any atom is -0.369 e. The Morgan fingerprint density at radius 2 is 1.73 bits per heavy atom. The van der Waals surface area contributed by atoms with Crippen LogP contribution in [0.3, 0.4) is 0 Å². The fourth-order valence-electron chi connectivity index (χ4n) is 4.66. The molecular formula is C22H26F6N6O4S2. The number of nitrogens with one attached hydrogen (secondary N) is 1. The smallest absolute Gasteiger partial charge is 0.369 e. The summed E-state index contributed by atoms with van der Waals surface area (Å²) in [4.78, 5) is 23.2. The summed E-state index contributed by atoms with van der Waals surface area (Å²) in [6.07, 6.45) is -11.7. The Morgan fingerprint density at radius 3 is 2.27 bits per heavy atom. The second kappa shape index (κ2) is 10.4. The van der Waals surface area contributed by atoms with Crippen LogP contribution in [0.2, 0.25) is 0 Å². The van der Waals surface area contributed by atoms with E-state index < -0.39 is 45.1 Å². The first-order valence-electron chi connectivity index (χ1n) is 11.9. The number of nitrogens with zero attached hydrogens (tertiary/aromatic N) is 5. The number of hydrogen-bond acceptors (Lipinski definition) is 9.